The molecule has 5 rings (SSSR count). The number of aliphatic carboxylic acids is 3. The highest BCUT2D eigenvalue weighted by molar-refractivity contribution is 5.84. The van der Waals surface area contributed by atoms with Crippen molar-refractivity contribution >= 4 is 35.8 Å². The number of carboxylic acid groups (broad SMARTS) is 3. The number of urea groups is 1. The predicted octanol–water partition coefficient (Wildman–Crippen LogP) is -12.4. The largest absolute Gasteiger partial charge is 0.481 e. The first-order chi connectivity index (χ1) is 37.0. The van der Waals surface area contributed by atoms with Crippen molar-refractivity contribution in [3.8, 4) is 0 Å². The van der Waals surface area contributed by atoms with Crippen molar-refractivity contribution in [1.82, 2.24) is 21.3 Å². The molecule has 0 radical (unpaired) electrons. The highest BCUT2D eigenvalue weighted by Crippen LogP contribution is 2.39. The molecular weight excluding hydrogens is 1080 g/mol. The summed E-state index contributed by atoms with van der Waals surface area (Å²) in [5, 5.41) is 199. The minimum atomic E-state index is -3.37. The number of rotatable bonds is 23. The summed E-state index contributed by atoms with van der Waals surface area (Å²) in [5.74, 6) is -10.5. The number of aliphatic hydroxyl groups is 15. The number of nitrogens with one attached hydrogen (secondary N) is 4. The molecule has 5 saturated heterocycles. The lowest BCUT2D eigenvalue weighted by Crippen LogP contribution is -2.71. The quantitative estimate of drug-likeness (QED) is 0.0452. The van der Waals surface area contributed by atoms with Crippen LogP contribution >= 0.6 is 0 Å². The normalized spacial score (nSPS) is 41.9. The Hall–Kier alpha value is -4.30. The van der Waals surface area contributed by atoms with Gasteiger partial charge in [-0.25, -0.2) is 14.4 Å². The number of hydrogen-bond acceptors (Lipinski definition) is 29. The Morgan fingerprint density at radius 2 is 1.27 bits per heavy atom. The van der Waals surface area contributed by atoms with Gasteiger partial charge in [-0.1, -0.05) is 0 Å². The Bertz CT molecular complexity index is 2070. The van der Waals surface area contributed by atoms with Crippen molar-refractivity contribution in [1.29, 1.82) is 0 Å². The van der Waals surface area contributed by atoms with Gasteiger partial charge < -0.3 is 151 Å². The third-order valence-electron chi connectivity index (χ3n) is 13.8. The molecule has 4 amide bonds. The minimum absolute atomic E-state index is 0.537. The second-order valence-electron chi connectivity index (χ2n) is 19.5. The number of hydrogen-bond donors (Lipinski definition) is 22. The second-order valence-corrected chi connectivity index (χ2v) is 19.5. The van der Waals surface area contributed by atoms with Crippen molar-refractivity contribution in [2.24, 2.45) is 0 Å². The van der Waals surface area contributed by atoms with E-state index in [1.165, 1.54) is 6.92 Å². The van der Waals surface area contributed by atoms with Crippen LogP contribution in [0.1, 0.15) is 39.5 Å². The molecular formula is C43H70N4O32. The highest BCUT2D eigenvalue weighted by atomic mass is 16.8. The van der Waals surface area contributed by atoms with Crippen molar-refractivity contribution in [3.63, 3.8) is 0 Å². The van der Waals surface area contributed by atoms with E-state index in [9.17, 15) is 116 Å². The maximum Gasteiger partial charge on any atom is 0.364 e. The number of amides is 4. The van der Waals surface area contributed by atoms with Gasteiger partial charge in [0.2, 0.25) is 11.8 Å². The number of carboxylic acids is 3. The average Bonchev–Trinajstić information content (AvgIpc) is 3.47. The standard InChI is InChI=1S/C43H70N4O32/c1-11-24(57)29(62)31(64)39(72-11)77-35-23(45-12(2)51)38(68)74-19(10-50)33(35)76-40-32(65)36(28(61)18(9-49)75-40)79-43(41(69)70)6-14(52)22(34(78-43)25(58)15(53)8-48)47-42(71)44-7-17-27(60)30(63)26(59)16(73-17)5-20(54)46-13(37(66)67)3-4-21(55)56/h11,13-19,22-36,38-40,48-50,52-53,57-65,68H,3-10H2,1-2H3,(H,45,51)(H,46,54)(H,55,56)(H,66,67)(H,69,70)(H2,44,47,71)/t11-,13-,14+,15+,16?,17?,18?,19-,22-,23?,24?,25+,26?,27?,28-,29?,30?,31?,32-,33+,34?,35?,36-,38?,39-,40?,43?/m0/s1. The zero-order valence-electron chi connectivity index (χ0n) is 41.9. The molecule has 0 spiro atoms. The summed E-state index contributed by atoms with van der Waals surface area (Å²) in [6.45, 7) is -2.01. The van der Waals surface area contributed by atoms with Gasteiger partial charge in [0.25, 0.3) is 5.79 Å². The average molecular weight is 1160 g/mol. The molecule has 36 heteroatoms. The zero-order valence-corrected chi connectivity index (χ0v) is 41.9. The van der Waals surface area contributed by atoms with Gasteiger partial charge in [-0.15, -0.1) is 0 Å². The maximum absolute atomic E-state index is 13.4. The van der Waals surface area contributed by atoms with Crippen LogP contribution < -0.4 is 21.3 Å². The van der Waals surface area contributed by atoms with Crippen LogP contribution in [0.3, 0.4) is 0 Å². The van der Waals surface area contributed by atoms with Crippen molar-refractivity contribution < 1.29 is 159 Å². The van der Waals surface area contributed by atoms with Gasteiger partial charge in [0.05, 0.1) is 50.6 Å². The lowest BCUT2D eigenvalue weighted by atomic mass is 9.88. The van der Waals surface area contributed by atoms with Crippen LogP contribution in [0.25, 0.3) is 0 Å². The molecule has 22 N–H and O–H groups in total. The van der Waals surface area contributed by atoms with Crippen molar-refractivity contribution in [2.45, 2.75) is 204 Å². The SMILES string of the molecule is CC(=O)NC1C(O)O[C@@H](CO)[C@@H](OC2OC(CO)[C@H](O)[C@H](OC3(C(=O)O)C[C@@H](O)[C@H](NC(=O)NCC4OC(CC(=O)N[C@@H](CCC(=O)O)C(=O)O)C(O)C(O)C4O)C([C@H](O)[C@H](O)CO)O3)[C@@H]2O)C1O[C@@H]1O[C@@H](C)C(O)C(O)C1O. The van der Waals surface area contributed by atoms with E-state index in [4.69, 9.17) is 43.0 Å². The molecule has 36 nitrogen and oxygen atoms in total. The molecule has 15 unspecified atom stereocenters. The van der Waals surface area contributed by atoms with Crippen LogP contribution in [0, 0.1) is 0 Å². The van der Waals surface area contributed by atoms with Crippen molar-refractivity contribution in [3.05, 3.63) is 0 Å². The van der Waals surface area contributed by atoms with Gasteiger partial charge in [-0.2, -0.15) is 0 Å². The molecule has 0 aromatic heterocycles. The Morgan fingerprint density at radius 3 is 1.85 bits per heavy atom. The number of ether oxygens (including phenoxy) is 8. The fourth-order valence-electron chi connectivity index (χ4n) is 9.48. The Balaban J connectivity index is 1.36. The van der Waals surface area contributed by atoms with Gasteiger partial charge in [-0.05, 0) is 13.3 Å². The van der Waals surface area contributed by atoms with E-state index < -0.39 is 253 Å². The molecule has 0 bridgehead atoms. The summed E-state index contributed by atoms with van der Waals surface area (Å²) in [6.07, 6.45) is -49.6. The summed E-state index contributed by atoms with van der Waals surface area (Å²) in [6, 6.07) is -6.79. The smallest absolute Gasteiger partial charge is 0.364 e. The molecule has 0 aliphatic carbocycles. The Labute approximate surface area is 445 Å². The summed E-state index contributed by atoms with van der Waals surface area (Å²) >= 11 is 0. The van der Waals surface area contributed by atoms with Gasteiger partial charge in [-0.3, -0.25) is 14.4 Å². The monoisotopic (exact) mass is 1150 g/mol. The fourth-order valence-corrected chi connectivity index (χ4v) is 9.48. The molecule has 0 saturated carbocycles. The van der Waals surface area contributed by atoms with E-state index in [0.717, 1.165) is 6.92 Å². The van der Waals surface area contributed by atoms with E-state index in [1.54, 1.807) is 0 Å². The Morgan fingerprint density at radius 1 is 0.658 bits per heavy atom. The molecule has 5 aliphatic heterocycles. The minimum Gasteiger partial charge on any atom is -0.481 e. The third kappa shape index (κ3) is 15.4. The molecule has 454 valence electrons. The third-order valence-corrected chi connectivity index (χ3v) is 13.8. The zero-order chi connectivity index (χ0) is 59.1. The van der Waals surface area contributed by atoms with Crippen LogP contribution in [0.15, 0.2) is 0 Å². The number of carbonyl (C=O) groups excluding carboxylic acids is 3. The summed E-state index contributed by atoms with van der Waals surface area (Å²) in [4.78, 5) is 74.3. The first-order valence-electron chi connectivity index (χ1n) is 24.6. The topological polar surface area (TPSA) is 589 Å². The van der Waals surface area contributed by atoms with Gasteiger partial charge in [0.1, 0.15) is 116 Å². The van der Waals surface area contributed by atoms with Crippen molar-refractivity contribution in [2.75, 3.05) is 26.4 Å². The van der Waals surface area contributed by atoms with E-state index in [2.05, 4.69) is 16.0 Å². The number of carbonyl (C=O) groups is 6. The maximum atomic E-state index is 13.4. The first-order valence-corrected chi connectivity index (χ1v) is 24.6. The summed E-state index contributed by atoms with van der Waals surface area (Å²) < 4.78 is 45.5. The van der Waals surface area contributed by atoms with Crippen LogP contribution in [-0.4, -0.2) is 319 Å². The predicted molar refractivity (Wildman–Crippen MR) is 243 cm³/mol. The molecule has 79 heavy (non-hydrogen) atoms. The highest BCUT2D eigenvalue weighted by Gasteiger charge is 2.61. The van der Waals surface area contributed by atoms with Gasteiger partial charge in [0, 0.05) is 26.3 Å². The first kappa shape index (κ1) is 65.5. The lowest BCUT2D eigenvalue weighted by molar-refractivity contribution is -0.390. The van der Waals surface area contributed by atoms with E-state index in [0.29, 0.717) is 0 Å². The molecule has 27 atom stereocenters. The number of aliphatic hydroxyl groups excluding tert-OH is 15. The van der Waals surface area contributed by atoms with Crippen LogP contribution in [-0.2, 0) is 61.9 Å². The molecule has 0 aromatic carbocycles. The second kappa shape index (κ2) is 28.1. The van der Waals surface area contributed by atoms with Gasteiger partial charge in [0.15, 0.2) is 18.9 Å². The fraction of sp³-hybridized carbons (Fsp3) is 0.860. The molecule has 5 fully saturated rings. The van der Waals surface area contributed by atoms with Crippen LogP contribution in [0.2, 0.25) is 0 Å². The summed E-state index contributed by atoms with van der Waals surface area (Å²) in [5.41, 5.74) is 0. The van der Waals surface area contributed by atoms with E-state index in [-0.39, 0.29) is 0 Å². The summed E-state index contributed by atoms with van der Waals surface area (Å²) in [7, 11) is 0. The van der Waals surface area contributed by atoms with E-state index >= 15 is 0 Å². The molecule has 0 aromatic rings. The lowest BCUT2D eigenvalue weighted by Gasteiger charge is -2.51. The Kier molecular flexibility index (Phi) is 23.3. The van der Waals surface area contributed by atoms with Gasteiger partial charge >= 0.3 is 23.9 Å². The van der Waals surface area contributed by atoms with Crippen LogP contribution in [0.5, 0.6) is 0 Å². The van der Waals surface area contributed by atoms with Crippen LogP contribution in [0.4, 0.5) is 4.79 Å². The van der Waals surface area contributed by atoms with E-state index in [1.807, 2.05) is 5.32 Å². The molecule has 5 aliphatic rings. The molecule has 5 heterocycles.